The van der Waals surface area contributed by atoms with E-state index in [9.17, 15) is 0 Å². The van der Waals surface area contributed by atoms with Gasteiger partial charge in [0.1, 0.15) is 11.5 Å². The predicted molar refractivity (Wildman–Crippen MR) is 131 cm³/mol. The molecular weight excluding hydrogens is 414 g/mol. The van der Waals surface area contributed by atoms with Crippen LogP contribution < -0.4 is 15.5 Å². The lowest BCUT2D eigenvalue weighted by atomic mass is 9.95. The molecule has 0 fully saturated rings. The first-order valence-corrected chi connectivity index (χ1v) is 10.9. The first kappa shape index (κ1) is 18.8. The van der Waals surface area contributed by atoms with Crippen LogP contribution in [0.5, 0.6) is 11.5 Å². The van der Waals surface area contributed by atoms with E-state index in [2.05, 4.69) is 59.3 Å². The van der Waals surface area contributed by atoms with Gasteiger partial charge < -0.3 is 10.1 Å². The Bertz CT molecular complexity index is 1300. The normalized spacial score (nSPS) is 13.2. The standard InChI is InChI=1S/C27H19N3OS/c32-27(28-25-21-13-5-7-15-23(21)31-24-16-8-6-14-22(24)25)30-29-26-19-11-3-1-9-17(19)18-10-2-4-12-20(18)26/h1-16,25H,(H2,28,30,32). The molecule has 0 bridgehead atoms. The molecule has 4 aromatic rings. The first-order chi connectivity index (χ1) is 15.8. The summed E-state index contributed by atoms with van der Waals surface area (Å²) in [6.45, 7) is 0. The highest BCUT2D eigenvalue weighted by Gasteiger charge is 2.28. The number of ether oxygens (including phenoxy) is 1. The van der Waals surface area contributed by atoms with Crippen molar-refractivity contribution in [2.24, 2.45) is 5.10 Å². The highest BCUT2D eigenvalue weighted by atomic mass is 32.1. The van der Waals surface area contributed by atoms with Crippen molar-refractivity contribution in [2.45, 2.75) is 6.04 Å². The molecular formula is C27H19N3OS. The van der Waals surface area contributed by atoms with Crippen molar-refractivity contribution in [3.8, 4) is 22.6 Å². The van der Waals surface area contributed by atoms with Crippen molar-refractivity contribution in [2.75, 3.05) is 0 Å². The molecule has 32 heavy (non-hydrogen) atoms. The fourth-order valence-corrected chi connectivity index (χ4v) is 4.61. The summed E-state index contributed by atoms with van der Waals surface area (Å²) >= 11 is 5.65. The van der Waals surface area contributed by atoms with Crippen LogP contribution in [0.3, 0.4) is 0 Å². The van der Waals surface area contributed by atoms with Crippen LogP contribution in [0.25, 0.3) is 11.1 Å². The van der Waals surface area contributed by atoms with Gasteiger partial charge in [0.15, 0.2) is 5.11 Å². The van der Waals surface area contributed by atoms with Crippen molar-refractivity contribution < 1.29 is 4.74 Å². The maximum atomic E-state index is 6.08. The van der Waals surface area contributed by atoms with E-state index in [-0.39, 0.29) is 6.04 Å². The Morgan fingerprint density at radius 2 is 1.12 bits per heavy atom. The largest absolute Gasteiger partial charge is 0.457 e. The molecule has 2 N–H and O–H groups in total. The molecule has 0 saturated carbocycles. The summed E-state index contributed by atoms with van der Waals surface area (Å²) in [5.41, 5.74) is 10.6. The van der Waals surface area contributed by atoms with E-state index in [0.29, 0.717) is 5.11 Å². The van der Waals surface area contributed by atoms with Gasteiger partial charge >= 0.3 is 0 Å². The van der Waals surface area contributed by atoms with Gasteiger partial charge in [-0.3, -0.25) is 5.43 Å². The Morgan fingerprint density at radius 1 is 0.656 bits per heavy atom. The second kappa shape index (κ2) is 7.62. The van der Waals surface area contributed by atoms with Gasteiger partial charge in [-0.25, -0.2) is 0 Å². The number of hydrogen-bond donors (Lipinski definition) is 2. The lowest BCUT2D eigenvalue weighted by Crippen LogP contribution is -2.37. The van der Waals surface area contributed by atoms with Gasteiger partial charge in [-0.2, -0.15) is 5.10 Å². The third-order valence-corrected chi connectivity index (χ3v) is 6.09. The van der Waals surface area contributed by atoms with Crippen LogP contribution in [0.2, 0.25) is 0 Å². The fraction of sp³-hybridized carbons (Fsp3) is 0.0370. The molecule has 2 aliphatic rings. The van der Waals surface area contributed by atoms with Crippen molar-refractivity contribution in [3.63, 3.8) is 0 Å². The molecule has 0 amide bonds. The smallest absolute Gasteiger partial charge is 0.187 e. The average Bonchev–Trinajstić information content (AvgIpc) is 3.16. The van der Waals surface area contributed by atoms with Gasteiger partial charge in [-0.15, -0.1) is 0 Å². The van der Waals surface area contributed by atoms with Gasteiger partial charge in [-0.1, -0.05) is 84.9 Å². The van der Waals surface area contributed by atoms with Crippen LogP contribution in [0.4, 0.5) is 0 Å². The number of nitrogens with zero attached hydrogens (tertiary/aromatic N) is 1. The Hall–Kier alpha value is -3.96. The third-order valence-electron chi connectivity index (χ3n) is 5.88. The summed E-state index contributed by atoms with van der Waals surface area (Å²) in [5.74, 6) is 1.66. The van der Waals surface area contributed by atoms with Gasteiger partial charge in [0.25, 0.3) is 0 Å². The number of hydrazone groups is 1. The Balaban J connectivity index is 1.31. The van der Waals surface area contributed by atoms with Crippen LogP contribution >= 0.6 is 12.2 Å². The number of nitrogens with one attached hydrogen (secondary N) is 2. The molecule has 0 aromatic heterocycles. The highest BCUT2D eigenvalue weighted by molar-refractivity contribution is 7.80. The second-order valence-corrected chi connectivity index (χ2v) is 8.16. The summed E-state index contributed by atoms with van der Waals surface area (Å²) < 4.78 is 6.08. The molecule has 1 aliphatic heterocycles. The highest BCUT2D eigenvalue weighted by Crippen LogP contribution is 2.42. The zero-order valence-electron chi connectivity index (χ0n) is 17.1. The summed E-state index contributed by atoms with van der Waals surface area (Å²) in [6, 6.07) is 32.5. The van der Waals surface area contributed by atoms with Crippen molar-refractivity contribution >= 4 is 23.0 Å². The van der Waals surface area contributed by atoms with Gasteiger partial charge in [0, 0.05) is 22.3 Å². The molecule has 0 saturated heterocycles. The van der Waals surface area contributed by atoms with E-state index in [1.807, 2.05) is 48.5 Å². The molecule has 5 heteroatoms. The summed E-state index contributed by atoms with van der Waals surface area (Å²) in [4.78, 5) is 0. The first-order valence-electron chi connectivity index (χ1n) is 10.5. The number of hydrogen-bond acceptors (Lipinski definition) is 3. The zero-order valence-corrected chi connectivity index (χ0v) is 17.9. The van der Waals surface area contributed by atoms with E-state index in [1.54, 1.807) is 0 Å². The second-order valence-electron chi connectivity index (χ2n) is 7.75. The number of rotatable bonds is 2. The Kier molecular flexibility index (Phi) is 4.47. The van der Waals surface area contributed by atoms with Crippen LogP contribution in [0, 0.1) is 0 Å². The molecule has 1 aliphatic carbocycles. The van der Waals surface area contributed by atoms with Gasteiger partial charge in [0.2, 0.25) is 0 Å². The molecule has 0 spiro atoms. The minimum Gasteiger partial charge on any atom is -0.457 e. The molecule has 6 rings (SSSR count). The molecule has 1 heterocycles. The number of para-hydroxylation sites is 2. The van der Waals surface area contributed by atoms with Crippen molar-refractivity contribution in [1.29, 1.82) is 0 Å². The van der Waals surface area contributed by atoms with Gasteiger partial charge in [-0.05, 0) is 35.5 Å². The van der Waals surface area contributed by atoms with E-state index >= 15 is 0 Å². The minimum atomic E-state index is -0.125. The van der Waals surface area contributed by atoms with Crippen molar-refractivity contribution in [1.82, 2.24) is 10.7 Å². The molecule has 154 valence electrons. The van der Waals surface area contributed by atoms with E-state index in [1.165, 1.54) is 11.1 Å². The van der Waals surface area contributed by atoms with E-state index in [0.717, 1.165) is 39.5 Å². The van der Waals surface area contributed by atoms with Gasteiger partial charge in [0.05, 0.1) is 11.8 Å². The van der Waals surface area contributed by atoms with Crippen LogP contribution in [0.15, 0.2) is 102 Å². The Morgan fingerprint density at radius 3 is 1.69 bits per heavy atom. The van der Waals surface area contributed by atoms with E-state index < -0.39 is 0 Å². The number of benzene rings is 4. The minimum absolute atomic E-state index is 0.125. The lowest BCUT2D eigenvalue weighted by Gasteiger charge is -2.29. The third kappa shape index (κ3) is 3.06. The maximum Gasteiger partial charge on any atom is 0.187 e. The maximum absolute atomic E-state index is 6.08. The number of thiocarbonyl (C=S) groups is 1. The van der Waals surface area contributed by atoms with Crippen LogP contribution in [-0.2, 0) is 0 Å². The fourth-order valence-electron chi connectivity index (χ4n) is 4.45. The van der Waals surface area contributed by atoms with Crippen LogP contribution in [-0.4, -0.2) is 10.8 Å². The Labute approximate surface area is 191 Å². The summed E-state index contributed by atoms with van der Waals surface area (Å²) in [6.07, 6.45) is 0. The topological polar surface area (TPSA) is 45.7 Å². The lowest BCUT2D eigenvalue weighted by molar-refractivity contribution is 0.441. The van der Waals surface area contributed by atoms with Crippen LogP contribution in [0.1, 0.15) is 28.3 Å². The number of fused-ring (bicyclic) bond motifs is 5. The quantitative estimate of drug-likeness (QED) is 0.274. The molecule has 0 radical (unpaired) electrons. The van der Waals surface area contributed by atoms with Crippen molar-refractivity contribution in [3.05, 3.63) is 119 Å². The average molecular weight is 434 g/mol. The molecule has 4 aromatic carbocycles. The molecule has 0 atom stereocenters. The van der Waals surface area contributed by atoms with E-state index in [4.69, 9.17) is 22.1 Å². The SMILES string of the molecule is S=C(NN=C1c2ccccc2-c2ccccc21)NC1c2ccccc2Oc2ccccc21. The monoisotopic (exact) mass is 433 g/mol. The molecule has 0 unspecified atom stereocenters. The molecule has 4 nitrogen and oxygen atoms in total. The zero-order chi connectivity index (χ0) is 21.5. The summed E-state index contributed by atoms with van der Waals surface area (Å²) in [5, 5.41) is 8.61. The predicted octanol–water partition coefficient (Wildman–Crippen LogP) is 5.78. The summed E-state index contributed by atoms with van der Waals surface area (Å²) in [7, 11) is 0.